The number of hydrogen-bond acceptors (Lipinski definition) is 2. The minimum absolute atomic E-state index is 0.257. The Labute approximate surface area is 87.3 Å². The highest BCUT2D eigenvalue weighted by atomic mass is 16.5. The summed E-state index contributed by atoms with van der Waals surface area (Å²) in [6.45, 7) is 4.68. The second-order valence-electron chi connectivity index (χ2n) is 3.10. The first kappa shape index (κ1) is 13.0. The highest BCUT2D eigenvalue weighted by Gasteiger charge is 2.01. The molecule has 2 heteroatoms. The van der Waals surface area contributed by atoms with Gasteiger partial charge < -0.3 is 4.74 Å². The molecule has 0 aromatic heterocycles. The molecule has 78 valence electrons. The number of unbranched alkanes of at least 4 members (excludes halogenated alkanes) is 2. The lowest BCUT2D eigenvalue weighted by atomic mass is 10.2. The summed E-state index contributed by atoms with van der Waals surface area (Å²) in [4.78, 5) is 0. The van der Waals surface area contributed by atoms with Crippen molar-refractivity contribution >= 4 is 0 Å². The van der Waals surface area contributed by atoms with Crippen LogP contribution in [0.5, 0.6) is 0 Å². The molecule has 0 fully saturated rings. The number of rotatable bonds is 6. The van der Waals surface area contributed by atoms with Crippen molar-refractivity contribution in [1.82, 2.24) is 0 Å². The molecule has 14 heavy (non-hydrogen) atoms. The summed E-state index contributed by atoms with van der Waals surface area (Å²) in [5, 5.41) is 8.59. The molecule has 0 aliphatic rings. The second-order valence-corrected chi connectivity index (χ2v) is 3.10. The molecule has 1 atom stereocenters. The molecular formula is C12H19NO. The van der Waals surface area contributed by atoms with Gasteiger partial charge in [-0.2, -0.15) is 5.26 Å². The molecule has 1 unspecified atom stereocenters. The maximum Gasteiger partial charge on any atom is 0.143 e. The summed E-state index contributed by atoms with van der Waals surface area (Å²) in [5.74, 6) is 6.12. The first-order valence-corrected chi connectivity index (χ1v) is 5.32. The summed E-state index contributed by atoms with van der Waals surface area (Å²) >= 11 is 0. The average molecular weight is 193 g/mol. The van der Waals surface area contributed by atoms with E-state index < -0.39 is 0 Å². The Morgan fingerprint density at radius 3 is 2.50 bits per heavy atom. The van der Waals surface area contributed by atoms with Crippen LogP contribution in [0, 0.1) is 23.2 Å². The maximum atomic E-state index is 8.59. The summed E-state index contributed by atoms with van der Waals surface area (Å²) in [7, 11) is 0. The molecule has 0 saturated carbocycles. The summed E-state index contributed by atoms with van der Waals surface area (Å²) in [5.41, 5.74) is 0. The van der Waals surface area contributed by atoms with E-state index in [9.17, 15) is 0 Å². The first-order chi connectivity index (χ1) is 6.85. The Morgan fingerprint density at radius 2 is 1.93 bits per heavy atom. The Hall–Kier alpha value is -0.990. The van der Waals surface area contributed by atoms with Crippen LogP contribution in [-0.2, 0) is 4.74 Å². The van der Waals surface area contributed by atoms with Crippen molar-refractivity contribution in [3.63, 3.8) is 0 Å². The van der Waals surface area contributed by atoms with E-state index in [0.29, 0.717) is 6.61 Å². The highest BCUT2D eigenvalue weighted by molar-refractivity contribution is 4.98. The van der Waals surface area contributed by atoms with Crippen LogP contribution in [0.4, 0.5) is 0 Å². The smallest absolute Gasteiger partial charge is 0.143 e. The molecule has 0 radical (unpaired) electrons. The Kier molecular flexibility index (Phi) is 9.38. The lowest BCUT2D eigenvalue weighted by Gasteiger charge is -2.04. The largest absolute Gasteiger partial charge is 0.362 e. The Balaban J connectivity index is 3.35. The van der Waals surface area contributed by atoms with Crippen LogP contribution in [-0.4, -0.2) is 12.7 Å². The van der Waals surface area contributed by atoms with E-state index in [1.165, 1.54) is 12.8 Å². The van der Waals surface area contributed by atoms with Crippen LogP contribution in [0.2, 0.25) is 0 Å². The van der Waals surface area contributed by atoms with Gasteiger partial charge in [0, 0.05) is 12.8 Å². The third-order valence-electron chi connectivity index (χ3n) is 1.84. The fraction of sp³-hybridized carbons (Fsp3) is 0.750. The van der Waals surface area contributed by atoms with Crippen LogP contribution < -0.4 is 0 Å². The first-order valence-electron chi connectivity index (χ1n) is 5.32. The van der Waals surface area contributed by atoms with E-state index in [2.05, 4.69) is 24.8 Å². The molecule has 0 aromatic carbocycles. The topological polar surface area (TPSA) is 33.0 Å². The minimum atomic E-state index is -0.257. The zero-order chi connectivity index (χ0) is 10.6. The number of ether oxygens (including phenoxy) is 1. The summed E-state index contributed by atoms with van der Waals surface area (Å²) < 4.78 is 5.28. The van der Waals surface area contributed by atoms with Crippen molar-refractivity contribution in [3.8, 4) is 17.9 Å². The zero-order valence-electron chi connectivity index (χ0n) is 9.18. The fourth-order valence-corrected chi connectivity index (χ4v) is 0.941. The van der Waals surface area contributed by atoms with Gasteiger partial charge in [-0.3, -0.25) is 0 Å². The lowest BCUT2D eigenvalue weighted by Crippen LogP contribution is -2.09. The van der Waals surface area contributed by atoms with Gasteiger partial charge in [-0.1, -0.05) is 20.3 Å². The molecule has 0 spiro atoms. The summed E-state index contributed by atoms with van der Waals surface area (Å²) in [6.07, 6.45) is 4.57. The van der Waals surface area contributed by atoms with E-state index in [-0.39, 0.29) is 6.10 Å². The normalized spacial score (nSPS) is 11.2. The van der Waals surface area contributed by atoms with Crippen molar-refractivity contribution in [2.45, 2.75) is 52.1 Å². The zero-order valence-corrected chi connectivity index (χ0v) is 9.18. The monoisotopic (exact) mass is 193 g/mol. The van der Waals surface area contributed by atoms with Crippen LogP contribution in [0.15, 0.2) is 0 Å². The van der Waals surface area contributed by atoms with Gasteiger partial charge >= 0.3 is 0 Å². The predicted octanol–water partition coefficient (Wildman–Crippen LogP) is 2.89. The Bertz CT molecular complexity index is 219. The quantitative estimate of drug-likeness (QED) is 0.480. The third kappa shape index (κ3) is 7.65. The van der Waals surface area contributed by atoms with Crippen molar-refractivity contribution in [1.29, 1.82) is 5.26 Å². The molecule has 0 N–H and O–H groups in total. The van der Waals surface area contributed by atoms with Gasteiger partial charge in [-0.15, -0.1) is 11.8 Å². The van der Waals surface area contributed by atoms with E-state index in [0.717, 1.165) is 19.3 Å². The molecular weight excluding hydrogens is 174 g/mol. The third-order valence-corrected chi connectivity index (χ3v) is 1.84. The number of nitriles is 1. The fourth-order valence-electron chi connectivity index (χ4n) is 0.941. The van der Waals surface area contributed by atoms with Gasteiger partial charge in [0.25, 0.3) is 0 Å². The van der Waals surface area contributed by atoms with Crippen molar-refractivity contribution < 1.29 is 4.74 Å². The molecule has 0 heterocycles. The van der Waals surface area contributed by atoms with Crippen LogP contribution in [0.1, 0.15) is 46.0 Å². The molecule has 0 saturated heterocycles. The predicted molar refractivity (Wildman–Crippen MR) is 57.6 cm³/mol. The minimum Gasteiger partial charge on any atom is -0.362 e. The maximum absolute atomic E-state index is 8.59. The van der Waals surface area contributed by atoms with Crippen LogP contribution in [0.3, 0.4) is 0 Å². The van der Waals surface area contributed by atoms with E-state index in [1.54, 1.807) is 0 Å². The molecule has 0 aliphatic heterocycles. The number of hydrogen-bond donors (Lipinski definition) is 0. The van der Waals surface area contributed by atoms with E-state index >= 15 is 0 Å². The molecule has 0 aromatic rings. The van der Waals surface area contributed by atoms with Crippen molar-refractivity contribution in [2.24, 2.45) is 0 Å². The summed E-state index contributed by atoms with van der Waals surface area (Å²) in [6, 6.07) is 2.09. The molecule has 0 rings (SSSR count). The van der Waals surface area contributed by atoms with Crippen molar-refractivity contribution in [3.05, 3.63) is 0 Å². The molecule has 0 aliphatic carbocycles. The van der Waals surface area contributed by atoms with Crippen LogP contribution in [0.25, 0.3) is 0 Å². The van der Waals surface area contributed by atoms with Gasteiger partial charge in [-0.05, 0) is 12.8 Å². The molecule has 0 amide bonds. The second kappa shape index (κ2) is 10.1. The van der Waals surface area contributed by atoms with Gasteiger partial charge in [-0.25, -0.2) is 0 Å². The Morgan fingerprint density at radius 1 is 1.21 bits per heavy atom. The highest BCUT2D eigenvalue weighted by Crippen LogP contribution is 1.96. The standard InChI is InChI=1S/C12H19NO/c1-3-5-6-7-8-9-10-14-12(4-2)11-13/h12H,3-6,9-10H2,1-2H3. The number of nitrogens with zero attached hydrogens (tertiary/aromatic N) is 1. The molecule has 0 bridgehead atoms. The molecule has 2 nitrogen and oxygen atoms in total. The van der Waals surface area contributed by atoms with Crippen molar-refractivity contribution in [2.75, 3.05) is 6.61 Å². The van der Waals surface area contributed by atoms with Crippen LogP contribution >= 0.6 is 0 Å². The van der Waals surface area contributed by atoms with E-state index in [4.69, 9.17) is 10.00 Å². The van der Waals surface area contributed by atoms with E-state index in [1.807, 2.05) is 6.92 Å². The van der Waals surface area contributed by atoms with Gasteiger partial charge in [0.2, 0.25) is 0 Å². The SMILES string of the molecule is CCCCC#CCCOC(C#N)CC. The van der Waals surface area contributed by atoms with Gasteiger partial charge in [0.15, 0.2) is 0 Å². The van der Waals surface area contributed by atoms with Gasteiger partial charge in [0.05, 0.1) is 12.7 Å². The average Bonchev–Trinajstić information content (AvgIpc) is 2.22. The lowest BCUT2D eigenvalue weighted by molar-refractivity contribution is 0.0924. The van der Waals surface area contributed by atoms with Gasteiger partial charge in [0.1, 0.15) is 6.10 Å².